The van der Waals surface area contributed by atoms with Gasteiger partial charge in [0.15, 0.2) is 0 Å². The van der Waals surface area contributed by atoms with Gasteiger partial charge in [-0.15, -0.1) is 0 Å². The maximum Gasteiger partial charge on any atom is 0.129 e. The Labute approximate surface area is 89.3 Å². The Kier molecular flexibility index (Phi) is 2.52. The van der Waals surface area contributed by atoms with Crippen molar-refractivity contribution in [3.8, 4) is 0 Å². The van der Waals surface area contributed by atoms with Crippen molar-refractivity contribution >= 4 is 0 Å². The van der Waals surface area contributed by atoms with E-state index < -0.39 is 5.60 Å². The highest BCUT2D eigenvalue weighted by molar-refractivity contribution is 5.27. The molecule has 1 aliphatic heterocycles. The number of halogens is 1. The number of rotatable bonds is 1. The normalized spacial score (nSPS) is 32.1. The number of β-amino-alcohol motifs (C(OH)–C–C–N with tert-alkyl or cyclic N) is 1. The molecule has 0 radical (unpaired) electrons. The average molecular weight is 209 g/mol. The maximum absolute atomic E-state index is 13.6. The summed E-state index contributed by atoms with van der Waals surface area (Å²) in [5.41, 5.74) is -0.623. The van der Waals surface area contributed by atoms with Gasteiger partial charge < -0.3 is 10.0 Å². The summed E-state index contributed by atoms with van der Waals surface area (Å²) in [6, 6.07) is 6.48. The summed E-state index contributed by atoms with van der Waals surface area (Å²) in [5, 5.41) is 10.5. The molecule has 1 N–H and O–H groups in total. The van der Waals surface area contributed by atoms with Gasteiger partial charge in [-0.25, -0.2) is 4.39 Å². The molecule has 1 aromatic rings. The Morgan fingerprint density at radius 3 is 2.67 bits per heavy atom. The Bertz CT molecular complexity index is 368. The molecule has 82 valence electrons. The molecular formula is C12H16FNO. The molecule has 0 aliphatic carbocycles. The van der Waals surface area contributed by atoms with Gasteiger partial charge in [-0.1, -0.05) is 25.1 Å². The van der Waals surface area contributed by atoms with Crippen LogP contribution in [0.4, 0.5) is 4.39 Å². The number of likely N-dealkylation sites (N-methyl/N-ethyl adjacent to an activating group) is 1. The zero-order chi connectivity index (χ0) is 11.1. The van der Waals surface area contributed by atoms with Crippen LogP contribution >= 0.6 is 0 Å². The van der Waals surface area contributed by atoms with Crippen LogP contribution in [0.3, 0.4) is 0 Å². The van der Waals surface area contributed by atoms with Gasteiger partial charge in [0.25, 0.3) is 0 Å². The third-order valence-corrected chi connectivity index (χ3v) is 3.25. The lowest BCUT2D eigenvalue weighted by Crippen LogP contribution is -2.34. The quantitative estimate of drug-likeness (QED) is 0.759. The van der Waals surface area contributed by atoms with E-state index in [1.165, 1.54) is 6.07 Å². The number of aliphatic hydroxyl groups is 1. The van der Waals surface area contributed by atoms with Crippen molar-refractivity contribution in [1.82, 2.24) is 4.90 Å². The van der Waals surface area contributed by atoms with Crippen molar-refractivity contribution in [2.75, 3.05) is 20.1 Å². The summed E-state index contributed by atoms with van der Waals surface area (Å²) in [5.74, 6) is -0.262. The predicted molar refractivity (Wildman–Crippen MR) is 57.0 cm³/mol. The summed E-state index contributed by atoms with van der Waals surface area (Å²) in [6.07, 6.45) is 0. The van der Waals surface area contributed by atoms with Crippen molar-refractivity contribution in [3.63, 3.8) is 0 Å². The molecule has 0 bridgehead atoms. The van der Waals surface area contributed by atoms with Crippen LogP contribution in [0, 0.1) is 11.7 Å². The van der Waals surface area contributed by atoms with Crippen LogP contribution in [0.25, 0.3) is 0 Å². The van der Waals surface area contributed by atoms with Crippen molar-refractivity contribution in [1.29, 1.82) is 0 Å². The summed E-state index contributed by atoms with van der Waals surface area (Å²) >= 11 is 0. The fourth-order valence-corrected chi connectivity index (χ4v) is 2.41. The van der Waals surface area contributed by atoms with E-state index in [1.807, 2.05) is 18.9 Å². The number of hydrogen-bond donors (Lipinski definition) is 1. The first-order valence-electron chi connectivity index (χ1n) is 5.20. The molecule has 15 heavy (non-hydrogen) atoms. The molecule has 3 heteroatoms. The predicted octanol–water partition coefficient (Wildman–Crippen LogP) is 1.59. The van der Waals surface area contributed by atoms with Crippen LogP contribution in [-0.4, -0.2) is 30.1 Å². The fraction of sp³-hybridized carbons (Fsp3) is 0.500. The van der Waals surface area contributed by atoms with Gasteiger partial charge in [-0.3, -0.25) is 0 Å². The van der Waals surface area contributed by atoms with Gasteiger partial charge in [0.1, 0.15) is 11.4 Å². The van der Waals surface area contributed by atoms with Gasteiger partial charge >= 0.3 is 0 Å². The Hall–Kier alpha value is -0.930. The Morgan fingerprint density at radius 2 is 2.13 bits per heavy atom. The van der Waals surface area contributed by atoms with Crippen molar-refractivity contribution < 1.29 is 9.50 Å². The first-order chi connectivity index (χ1) is 7.04. The molecule has 0 amide bonds. The third kappa shape index (κ3) is 1.66. The molecular weight excluding hydrogens is 193 g/mol. The van der Waals surface area contributed by atoms with Crippen LogP contribution in [0.5, 0.6) is 0 Å². The minimum absolute atomic E-state index is 0.0550. The highest BCUT2D eigenvalue weighted by Crippen LogP contribution is 2.36. The smallest absolute Gasteiger partial charge is 0.129 e. The van der Waals surface area contributed by atoms with Crippen molar-refractivity contribution in [2.24, 2.45) is 5.92 Å². The van der Waals surface area contributed by atoms with Gasteiger partial charge in [0.05, 0.1) is 0 Å². The van der Waals surface area contributed by atoms with Crippen molar-refractivity contribution in [2.45, 2.75) is 12.5 Å². The van der Waals surface area contributed by atoms with E-state index in [0.717, 1.165) is 6.54 Å². The molecule has 1 fully saturated rings. The van der Waals surface area contributed by atoms with Crippen LogP contribution in [0.15, 0.2) is 24.3 Å². The lowest BCUT2D eigenvalue weighted by molar-refractivity contribution is 0.0113. The monoisotopic (exact) mass is 209 g/mol. The molecule has 0 aromatic heterocycles. The standard InChI is InChI=1S/C12H16FNO/c1-9-7-14(2)8-12(9,15)10-5-3-4-6-11(10)13/h3-6,9,15H,7-8H2,1-2H3. The lowest BCUT2D eigenvalue weighted by Gasteiger charge is -2.27. The van der Waals surface area contributed by atoms with Gasteiger partial charge in [-0.05, 0) is 13.1 Å². The summed E-state index contributed by atoms with van der Waals surface area (Å²) in [7, 11) is 1.94. The van der Waals surface area contributed by atoms with E-state index in [1.54, 1.807) is 18.2 Å². The second-order valence-electron chi connectivity index (χ2n) is 4.50. The van der Waals surface area contributed by atoms with E-state index in [-0.39, 0.29) is 11.7 Å². The van der Waals surface area contributed by atoms with Crippen molar-refractivity contribution in [3.05, 3.63) is 35.6 Å². The molecule has 2 atom stereocenters. The second kappa shape index (κ2) is 3.58. The largest absolute Gasteiger partial charge is 0.383 e. The summed E-state index contributed by atoms with van der Waals surface area (Å²) in [6.45, 7) is 3.25. The van der Waals surface area contributed by atoms with E-state index in [9.17, 15) is 9.50 Å². The first-order valence-corrected chi connectivity index (χ1v) is 5.20. The Morgan fingerprint density at radius 1 is 1.47 bits per heavy atom. The van der Waals surface area contributed by atoms with Gasteiger partial charge in [-0.2, -0.15) is 0 Å². The van der Waals surface area contributed by atoms with Crippen LogP contribution < -0.4 is 0 Å². The van der Waals surface area contributed by atoms with Crippen LogP contribution in [-0.2, 0) is 5.60 Å². The van der Waals surface area contributed by atoms with Crippen LogP contribution in [0.2, 0.25) is 0 Å². The minimum atomic E-state index is -1.04. The van der Waals surface area contributed by atoms with Gasteiger partial charge in [0.2, 0.25) is 0 Å². The zero-order valence-corrected chi connectivity index (χ0v) is 9.07. The van der Waals surface area contributed by atoms with E-state index in [2.05, 4.69) is 0 Å². The van der Waals surface area contributed by atoms with E-state index in [4.69, 9.17) is 0 Å². The lowest BCUT2D eigenvalue weighted by atomic mass is 9.85. The molecule has 1 saturated heterocycles. The molecule has 0 spiro atoms. The summed E-state index contributed by atoms with van der Waals surface area (Å²) < 4.78 is 13.6. The Balaban J connectivity index is 2.42. The zero-order valence-electron chi connectivity index (χ0n) is 9.07. The number of hydrogen-bond acceptors (Lipinski definition) is 2. The molecule has 2 rings (SSSR count). The molecule has 1 aromatic carbocycles. The first kappa shape index (κ1) is 10.6. The number of likely N-dealkylation sites (tertiary alicyclic amines) is 1. The number of nitrogens with zero attached hydrogens (tertiary/aromatic N) is 1. The average Bonchev–Trinajstić information content (AvgIpc) is 2.42. The minimum Gasteiger partial charge on any atom is -0.383 e. The molecule has 2 unspecified atom stereocenters. The van der Waals surface area contributed by atoms with Crippen LogP contribution in [0.1, 0.15) is 12.5 Å². The summed E-state index contributed by atoms with van der Waals surface area (Å²) in [4.78, 5) is 2.02. The SMILES string of the molecule is CC1CN(C)CC1(O)c1ccccc1F. The topological polar surface area (TPSA) is 23.5 Å². The molecule has 1 heterocycles. The molecule has 0 saturated carbocycles. The van der Waals surface area contributed by atoms with E-state index >= 15 is 0 Å². The highest BCUT2D eigenvalue weighted by Gasteiger charge is 2.43. The maximum atomic E-state index is 13.6. The third-order valence-electron chi connectivity index (χ3n) is 3.25. The molecule has 2 nitrogen and oxygen atoms in total. The number of benzene rings is 1. The second-order valence-corrected chi connectivity index (χ2v) is 4.50. The van der Waals surface area contributed by atoms with Gasteiger partial charge in [0, 0.05) is 24.6 Å². The highest BCUT2D eigenvalue weighted by atomic mass is 19.1. The van der Waals surface area contributed by atoms with E-state index in [0.29, 0.717) is 12.1 Å². The fourth-order valence-electron chi connectivity index (χ4n) is 2.41. The molecule has 1 aliphatic rings.